The van der Waals surface area contributed by atoms with E-state index in [0.29, 0.717) is 23.8 Å². The number of nitrogens with one attached hydrogen (secondary N) is 1. The summed E-state index contributed by atoms with van der Waals surface area (Å²) >= 11 is 0. The van der Waals surface area contributed by atoms with Crippen LogP contribution in [0.25, 0.3) is 0 Å². The molecule has 4 rings (SSSR count). The maximum absolute atomic E-state index is 13.0. The summed E-state index contributed by atoms with van der Waals surface area (Å²) in [5.74, 6) is -0.124. The third kappa shape index (κ3) is 4.64. The van der Waals surface area contributed by atoms with Crippen LogP contribution in [-0.2, 0) is 20.9 Å². The number of amides is 1. The first-order valence-electron chi connectivity index (χ1n) is 10.9. The van der Waals surface area contributed by atoms with Crippen LogP contribution in [-0.4, -0.2) is 39.8 Å². The van der Waals surface area contributed by atoms with Crippen molar-refractivity contribution in [3.63, 3.8) is 0 Å². The second-order valence-corrected chi connectivity index (χ2v) is 7.89. The highest BCUT2D eigenvalue weighted by atomic mass is 16.5. The minimum absolute atomic E-state index is 0.000796. The summed E-state index contributed by atoms with van der Waals surface area (Å²) in [4.78, 5) is 32.0. The van der Waals surface area contributed by atoms with Crippen molar-refractivity contribution < 1.29 is 14.3 Å². The number of aryl methyl sites for hydroxylation is 1. The number of hydrogen-bond acceptors (Lipinski definition) is 6. The lowest BCUT2D eigenvalue weighted by atomic mass is 9.95. The standard InChI is InChI=1S/C25H27N5O3/c1-4-33-24(32)22-18(3)29(15-21(31)26-14-19-12-10-17(2)11-13-19)25-27-16-28-30(25)23(22)20-8-6-5-7-9-20/h5-13,16,23H,4,14-15H2,1-3H3,(H,26,31). The third-order valence-electron chi connectivity index (χ3n) is 5.63. The van der Waals surface area contributed by atoms with Crippen LogP contribution >= 0.6 is 0 Å². The smallest absolute Gasteiger partial charge is 0.338 e. The van der Waals surface area contributed by atoms with Crippen molar-refractivity contribution in [2.45, 2.75) is 33.4 Å². The molecule has 2 aromatic carbocycles. The van der Waals surface area contributed by atoms with Gasteiger partial charge in [-0.3, -0.25) is 4.79 Å². The van der Waals surface area contributed by atoms with Crippen LogP contribution in [0.4, 0.5) is 5.95 Å². The molecule has 2 heterocycles. The normalized spacial score (nSPS) is 15.2. The zero-order valence-corrected chi connectivity index (χ0v) is 19.0. The van der Waals surface area contributed by atoms with Gasteiger partial charge in [-0.05, 0) is 31.9 Å². The van der Waals surface area contributed by atoms with Gasteiger partial charge in [0.05, 0.1) is 12.2 Å². The van der Waals surface area contributed by atoms with Gasteiger partial charge >= 0.3 is 5.97 Å². The minimum atomic E-state index is -0.491. The van der Waals surface area contributed by atoms with E-state index in [1.54, 1.807) is 16.5 Å². The first-order valence-corrected chi connectivity index (χ1v) is 10.9. The second-order valence-electron chi connectivity index (χ2n) is 7.89. The second kappa shape index (κ2) is 9.68. The molecule has 0 radical (unpaired) electrons. The Labute approximate surface area is 192 Å². The quantitative estimate of drug-likeness (QED) is 0.562. The summed E-state index contributed by atoms with van der Waals surface area (Å²) in [6.45, 7) is 6.27. The molecule has 0 saturated carbocycles. The molecule has 3 aromatic rings. The maximum atomic E-state index is 13.0. The first kappa shape index (κ1) is 22.3. The van der Waals surface area contributed by atoms with Crippen molar-refractivity contribution in [1.29, 1.82) is 0 Å². The van der Waals surface area contributed by atoms with Gasteiger partial charge < -0.3 is 15.0 Å². The molecule has 1 atom stereocenters. The van der Waals surface area contributed by atoms with Crippen LogP contribution in [0.3, 0.4) is 0 Å². The molecular weight excluding hydrogens is 418 g/mol. The summed E-state index contributed by atoms with van der Waals surface area (Å²) < 4.78 is 7.05. The molecule has 33 heavy (non-hydrogen) atoms. The Hall–Kier alpha value is -3.94. The van der Waals surface area contributed by atoms with E-state index in [4.69, 9.17) is 4.74 Å². The van der Waals surface area contributed by atoms with Crippen LogP contribution in [0.2, 0.25) is 0 Å². The molecule has 1 unspecified atom stereocenters. The average molecular weight is 446 g/mol. The summed E-state index contributed by atoms with van der Waals surface area (Å²) in [6.07, 6.45) is 1.43. The fraction of sp³-hybridized carbons (Fsp3) is 0.280. The Morgan fingerprint density at radius 3 is 2.48 bits per heavy atom. The third-order valence-corrected chi connectivity index (χ3v) is 5.63. The van der Waals surface area contributed by atoms with Crippen LogP contribution < -0.4 is 10.2 Å². The molecule has 8 nitrogen and oxygen atoms in total. The number of benzene rings is 2. The number of ether oxygens (including phenoxy) is 1. The molecule has 8 heteroatoms. The number of fused-ring (bicyclic) bond motifs is 1. The van der Waals surface area contributed by atoms with E-state index in [2.05, 4.69) is 15.4 Å². The number of allylic oxidation sites excluding steroid dienone is 1. The van der Waals surface area contributed by atoms with Crippen molar-refractivity contribution in [2.24, 2.45) is 0 Å². The molecule has 0 saturated heterocycles. The summed E-state index contributed by atoms with van der Waals surface area (Å²) in [5, 5.41) is 7.34. The summed E-state index contributed by atoms with van der Waals surface area (Å²) in [5.41, 5.74) is 4.12. The van der Waals surface area contributed by atoms with Gasteiger partial charge in [0.15, 0.2) is 0 Å². The van der Waals surface area contributed by atoms with Gasteiger partial charge in [-0.15, -0.1) is 0 Å². The molecule has 1 aliphatic heterocycles. The van der Waals surface area contributed by atoms with E-state index in [1.165, 1.54) is 6.33 Å². The Kier molecular flexibility index (Phi) is 6.53. The van der Waals surface area contributed by atoms with E-state index < -0.39 is 12.0 Å². The molecule has 0 aliphatic carbocycles. The highest BCUT2D eigenvalue weighted by molar-refractivity contribution is 5.93. The Morgan fingerprint density at radius 2 is 1.79 bits per heavy atom. The van der Waals surface area contributed by atoms with E-state index in [9.17, 15) is 9.59 Å². The van der Waals surface area contributed by atoms with Crippen molar-refractivity contribution in [3.8, 4) is 0 Å². The van der Waals surface area contributed by atoms with Gasteiger partial charge in [0.25, 0.3) is 0 Å². The minimum Gasteiger partial charge on any atom is -0.463 e. The summed E-state index contributed by atoms with van der Waals surface area (Å²) in [6, 6.07) is 17.1. The number of carbonyl (C=O) groups is 2. The molecule has 170 valence electrons. The van der Waals surface area contributed by atoms with Crippen molar-refractivity contribution in [3.05, 3.63) is 88.9 Å². The van der Waals surface area contributed by atoms with Gasteiger partial charge in [0.1, 0.15) is 18.9 Å². The molecule has 1 N–H and O–H groups in total. The van der Waals surface area contributed by atoms with E-state index in [0.717, 1.165) is 16.7 Å². The lowest BCUT2D eigenvalue weighted by Crippen LogP contribution is -2.42. The Morgan fingerprint density at radius 1 is 1.06 bits per heavy atom. The lowest BCUT2D eigenvalue weighted by Gasteiger charge is -2.35. The van der Waals surface area contributed by atoms with E-state index >= 15 is 0 Å². The number of anilines is 1. The van der Waals surface area contributed by atoms with Crippen molar-refractivity contribution >= 4 is 17.8 Å². The predicted molar refractivity (Wildman–Crippen MR) is 124 cm³/mol. The van der Waals surface area contributed by atoms with Crippen LogP contribution in [0, 0.1) is 6.92 Å². The highest BCUT2D eigenvalue weighted by Gasteiger charge is 2.38. The average Bonchev–Trinajstić information content (AvgIpc) is 3.30. The zero-order valence-electron chi connectivity index (χ0n) is 19.0. The zero-order chi connectivity index (χ0) is 23.4. The molecule has 1 amide bonds. The van der Waals surface area contributed by atoms with Gasteiger partial charge in [-0.1, -0.05) is 60.2 Å². The molecule has 1 aliphatic rings. The molecule has 0 fully saturated rings. The fourth-order valence-corrected chi connectivity index (χ4v) is 3.94. The molecule has 0 spiro atoms. The van der Waals surface area contributed by atoms with E-state index in [-0.39, 0.29) is 19.1 Å². The molecule has 1 aromatic heterocycles. The van der Waals surface area contributed by atoms with Crippen molar-refractivity contribution in [1.82, 2.24) is 20.1 Å². The number of rotatable bonds is 7. The Balaban J connectivity index is 1.63. The fourth-order valence-electron chi connectivity index (χ4n) is 3.94. The lowest BCUT2D eigenvalue weighted by molar-refractivity contribution is -0.139. The molecular formula is C25H27N5O3. The Bertz CT molecular complexity index is 1170. The number of aromatic nitrogens is 3. The summed E-state index contributed by atoms with van der Waals surface area (Å²) in [7, 11) is 0. The van der Waals surface area contributed by atoms with Crippen LogP contribution in [0.1, 0.15) is 36.6 Å². The van der Waals surface area contributed by atoms with Gasteiger partial charge in [-0.2, -0.15) is 10.1 Å². The van der Waals surface area contributed by atoms with Gasteiger partial charge in [-0.25, -0.2) is 9.48 Å². The van der Waals surface area contributed by atoms with Crippen LogP contribution in [0.5, 0.6) is 0 Å². The number of carbonyl (C=O) groups excluding carboxylic acids is 2. The molecule has 0 bridgehead atoms. The first-order chi connectivity index (χ1) is 16.0. The van der Waals surface area contributed by atoms with Crippen LogP contribution in [0.15, 0.2) is 72.2 Å². The monoisotopic (exact) mass is 445 g/mol. The van der Waals surface area contributed by atoms with Gasteiger partial charge in [0, 0.05) is 12.2 Å². The van der Waals surface area contributed by atoms with Crippen molar-refractivity contribution in [2.75, 3.05) is 18.1 Å². The predicted octanol–water partition coefficient (Wildman–Crippen LogP) is 3.15. The number of esters is 1. The van der Waals surface area contributed by atoms with Gasteiger partial charge in [0.2, 0.25) is 11.9 Å². The highest BCUT2D eigenvalue weighted by Crippen LogP contribution is 2.38. The van der Waals surface area contributed by atoms with E-state index in [1.807, 2.05) is 68.4 Å². The number of nitrogens with zero attached hydrogens (tertiary/aromatic N) is 4. The topological polar surface area (TPSA) is 89.3 Å². The number of hydrogen-bond donors (Lipinski definition) is 1. The largest absolute Gasteiger partial charge is 0.463 e. The SMILES string of the molecule is CCOC(=O)C1=C(C)N(CC(=O)NCc2ccc(C)cc2)c2ncnn2C1c1ccccc1. The maximum Gasteiger partial charge on any atom is 0.338 e.